The second kappa shape index (κ2) is 9.01. The van der Waals surface area contributed by atoms with E-state index in [0.717, 1.165) is 5.56 Å². The van der Waals surface area contributed by atoms with Crippen molar-refractivity contribution in [3.8, 4) is 11.5 Å². The van der Waals surface area contributed by atoms with Crippen LogP contribution in [0.4, 0.5) is 4.39 Å². The van der Waals surface area contributed by atoms with Crippen molar-refractivity contribution in [2.45, 2.75) is 12.5 Å². The maximum Gasteiger partial charge on any atom is 0.251 e. The average Bonchev–Trinajstić information content (AvgIpc) is 2.65. The molecular weight excluding hydrogens is 337 g/mol. The molecule has 0 radical (unpaired) electrons. The molecule has 6 heteroatoms. The normalized spacial score (nSPS) is 11.5. The molecule has 2 N–H and O–H groups in total. The van der Waals surface area contributed by atoms with Gasteiger partial charge < -0.3 is 19.9 Å². The van der Waals surface area contributed by atoms with Gasteiger partial charge in [0, 0.05) is 17.7 Å². The van der Waals surface area contributed by atoms with E-state index in [1.165, 1.54) is 32.4 Å². The first-order valence-corrected chi connectivity index (χ1v) is 8.07. The largest absolute Gasteiger partial charge is 0.493 e. The van der Waals surface area contributed by atoms with E-state index in [1.807, 2.05) is 0 Å². The van der Waals surface area contributed by atoms with Gasteiger partial charge in [-0.3, -0.25) is 4.79 Å². The molecule has 1 unspecified atom stereocenters. The summed E-state index contributed by atoms with van der Waals surface area (Å²) in [5.41, 5.74) is 1.52. The van der Waals surface area contributed by atoms with Gasteiger partial charge in [-0.1, -0.05) is 18.2 Å². The van der Waals surface area contributed by atoms with Crippen molar-refractivity contribution in [1.82, 2.24) is 5.32 Å². The van der Waals surface area contributed by atoms with Crippen molar-refractivity contribution >= 4 is 5.91 Å². The Bertz CT molecular complexity index is 791. The van der Waals surface area contributed by atoms with Gasteiger partial charge in [0.2, 0.25) is 0 Å². The highest BCUT2D eigenvalue weighted by atomic mass is 19.1. The first-order chi connectivity index (χ1) is 12.5. The van der Waals surface area contributed by atoms with Gasteiger partial charge in [0.05, 0.1) is 20.3 Å². The van der Waals surface area contributed by atoms with E-state index in [4.69, 9.17) is 9.47 Å². The maximum absolute atomic E-state index is 13.2. The molecule has 0 aliphatic carbocycles. The highest BCUT2D eigenvalue weighted by molar-refractivity contribution is 5.95. The fraction of sp³-hybridized carbons (Fsp3) is 0.250. The first kappa shape index (κ1) is 19.5. The van der Waals surface area contributed by atoms with E-state index < -0.39 is 11.9 Å². The van der Waals surface area contributed by atoms with Crippen LogP contribution < -0.4 is 14.8 Å². The van der Waals surface area contributed by atoms with Crippen LogP contribution in [0.5, 0.6) is 11.5 Å². The van der Waals surface area contributed by atoms with Gasteiger partial charge in [-0.25, -0.2) is 4.39 Å². The topological polar surface area (TPSA) is 67.8 Å². The number of methoxy groups -OCH3 is 2. The fourth-order valence-electron chi connectivity index (χ4n) is 2.60. The lowest BCUT2D eigenvalue weighted by molar-refractivity contribution is 0.0915. The summed E-state index contributed by atoms with van der Waals surface area (Å²) in [5.74, 6) is 0.153. The van der Waals surface area contributed by atoms with E-state index >= 15 is 0 Å². The van der Waals surface area contributed by atoms with Gasteiger partial charge in [0.25, 0.3) is 5.91 Å². The molecule has 5 nitrogen and oxygen atoms in total. The highest BCUT2D eigenvalue weighted by Crippen LogP contribution is 2.33. The number of hydrogen-bond acceptors (Lipinski definition) is 4. The van der Waals surface area contributed by atoms with Crippen molar-refractivity contribution in [1.29, 1.82) is 0 Å². The molecule has 0 saturated carbocycles. The smallest absolute Gasteiger partial charge is 0.251 e. The molecule has 0 saturated heterocycles. The molecule has 2 aromatic carbocycles. The molecule has 0 aliphatic heterocycles. The van der Waals surface area contributed by atoms with Gasteiger partial charge in [-0.05, 0) is 36.2 Å². The first-order valence-electron chi connectivity index (χ1n) is 8.07. The highest BCUT2D eigenvalue weighted by Gasteiger charge is 2.17. The summed E-state index contributed by atoms with van der Waals surface area (Å²) >= 11 is 0. The molecule has 0 aromatic heterocycles. The number of amides is 1. The summed E-state index contributed by atoms with van der Waals surface area (Å²) in [7, 11) is 3.02. The second-order valence-electron chi connectivity index (χ2n) is 5.64. The summed E-state index contributed by atoms with van der Waals surface area (Å²) in [6.45, 7) is 3.65. The number of halogens is 1. The zero-order chi connectivity index (χ0) is 19.1. The lowest BCUT2D eigenvalue weighted by atomic mass is 10.0. The molecule has 1 atom stereocenters. The number of carbonyl (C=O) groups is 1. The third-order valence-corrected chi connectivity index (χ3v) is 3.87. The molecule has 138 valence electrons. The lowest BCUT2D eigenvalue weighted by Crippen LogP contribution is -2.28. The van der Waals surface area contributed by atoms with Crippen LogP contribution in [0.3, 0.4) is 0 Å². The number of nitrogens with one attached hydrogen (secondary N) is 1. The number of hydrogen-bond donors (Lipinski definition) is 2. The van der Waals surface area contributed by atoms with Crippen LogP contribution in [0.25, 0.3) is 0 Å². The Morgan fingerprint density at radius 3 is 2.69 bits per heavy atom. The van der Waals surface area contributed by atoms with E-state index in [2.05, 4.69) is 11.9 Å². The number of aliphatic hydroxyl groups is 1. The van der Waals surface area contributed by atoms with Crippen molar-refractivity contribution in [3.05, 3.63) is 71.6 Å². The van der Waals surface area contributed by atoms with Crippen molar-refractivity contribution in [3.63, 3.8) is 0 Å². The van der Waals surface area contributed by atoms with Crippen LogP contribution in [0, 0.1) is 5.82 Å². The molecule has 0 aliphatic rings. The van der Waals surface area contributed by atoms with Crippen LogP contribution in [-0.2, 0) is 6.42 Å². The van der Waals surface area contributed by atoms with E-state index in [1.54, 1.807) is 24.3 Å². The monoisotopic (exact) mass is 359 g/mol. The number of rotatable bonds is 8. The summed E-state index contributed by atoms with van der Waals surface area (Å²) < 4.78 is 23.9. The number of carbonyl (C=O) groups excluding carboxylic acids is 1. The standard InChI is InChI=1S/C20H22FNO4/c1-4-6-14-9-15(11-18(25-2)19(14)26-3)20(24)22-12-17(23)13-7-5-8-16(21)10-13/h4-5,7-11,17,23H,1,6,12H2,2-3H3,(H,22,24). The Hall–Kier alpha value is -2.86. The van der Waals surface area contributed by atoms with Gasteiger partial charge in [-0.2, -0.15) is 0 Å². The van der Waals surface area contributed by atoms with E-state index in [-0.39, 0.29) is 12.5 Å². The molecule has 26 heavy (non-hydrogen) atoms. The lowest BCUT2D eigenvalue weighted by Gasteiger charge is -2.16. The van der Waals surface area contributed by atoms with Gasteiger partial charge in [0.1, 0.15) is 5.82 Å². The van der Waals surface area contributed by atoms with Crippen molar-refractivity contribution in [2.24, 2.45) is 0 Å². The molecule has 2 aromatic rings. The molecule has 1 amide bonds. The van der Waals surface area contributed by atoms with Crippen LogP contribution in [-0.4, -0.2) is 31.8 Å². The summed E-state index contributed by atoms with van der Waals surface area (Å²) in [6, 6.07) is 8.88. The average molecular weight is 359 g/mol. The second-order valence-corrected chi connectivity index (χ2v) is 5.64. The van der Waals surface area contributed by atoms with Gasteiger partial charge in [0.15, 0.2) is 11.5 Å². The van der Waals surface area contributed by atoms with Crippen LogP contribution >= 0.6 is 0 Å². The van der Waals surface area contributed by atoms with Crippen molar-refractivity contribution < 1.29 is 23.8 Å². The Labute approximate surface area is 152 Å². The third kappa shape index (κ3) is 4.61. The third-order valence-electron chi connectivity index (χ3n) is 3.87. The maximum atomic E-state index is 13.2. The zero-order valence-electron chi connectivity index (χ0n) is 14.8. The SMILES string of the molecule is C=CCc1cc(C(=O)NCC(O)c2cccc(F)c2)cc(OC)c1OC. The fourth-order valence-corrected chi connectivity index (χ4v) is 2.60. The van der Waals surface area contributed by atoms with Crippen LogP contribution in [0.1, 0.15) is 27.6 Å². The van der Waals surface area contributed by atoms with E-state index in [0.29, 0.717) is 29.0 Å². The zero-order valence-corrected chi connectivity index (χ0v) is 14.8. The summed E-state index contributed by atoms with van der Waals surface area (Å²) in [4.78, 5) is 12.5. The number of ether oxygens (including phenoxy) is 2. The minimum Gasteiger partial charge on any atom is -0.493 e. The molecular formula is C20H22FNO4. The van der Waals surface area contributed by atoms with Crippen LogP contribution in [0.15, 0.2) is 49.1 Å². The Morgan fingerprint density at radius 1 is 1.31 bits per heavy atom. The van der Waals surface area contributed by atoms with Crippen LogP contribution in [0.2, 0.25) is 0 Å². The molecule has 2 rings (SSSR count). The molecule has 0 heterocycles. The van der Waals surface area contributed by atoms with Crippen molar-refractivity contribution in [2.75, 3.05) is 20.8 Å². The Morgan fingerprint density at radius 2 is 2.08 bits per heavy atom. The van der Waals surface area contributed by atoms with E-state index in [9.17, 15) is 14.3 Å². The Kier molecular flexibility index (Phi) is 6.74. The number of allylic oxidation sites excluding steroid dienone is 1. The number of benzene rings is 2. The minimum absolute atomic E-state index is 0.0482. The Balaban J connectivity index is 2.16. The van der Waals surface area contributed by atoms with Gasteiger partial charge >= 0.3 is 0 Å². The molecule has 0 fully saturated rings. The van der Waals surface area contributed by atoms with Gasteiger partial charge in [-0.15, -0.1) is 6.58 Å². The predicted octanol–water partition coefficient (Wildman–Crippen LogP) is 3.03. The summed E-state index contributed by atoms with van der Waals surface area (Å²) in [5, 5.41) is 12.8. The number of aliphatic hydroxyl groups excluding tert-OH is 1. The quantitative estimate of drug-likeness (QED) is 0.711. The molecule has 0 bridgehead atoms. The predicted molar refractivity (Wildman–Crippen MR) is 97.1 cm³/mol. The minimum atomic E-state index is -1.01. The summed E-state index contributed by atoms with van der Waals surface area (Å²) in [6.07, 6.45) is 1.20. The molecule has 0 spiro atoms.